The second kappa shape index (κ2) is 3.92. The van der Waals surface area contributed by atoms with Crippen molar-refractivity contribution >= 4 is 5.95 Å². The van der Waals surface area contributed by atoms with Crippen molar-refractivity contribution in [1.82, 2.24) is 20.2 Å². The molecular weight excluding hydrogens is 202 g/mol. The quantitative estimate of drug-likeness (QED) is 0.839. The fourth-order valence-electron chi connectivity index (χ4n) is 1.60. The molecule has 5 heteroatoms. The second-order valence-electron chi connectivity index (χ2n) is 4.07. The maximum Gasteiger partial charge on any atom is 0.247 e. The summed E-state index contributed by atoms with van der Waals surface area (Å²) in [5.41, 5.74) is 0.978. The van der Waals surface area contributed by atoms with Crippen LogP contribution in [0.25, 0.3) is 5.69 Å². The van der Waals surface area contributed by atoms with Crippen LogP contribution in [0.1, 0.15) is 12.8 Å². The predicted octanol–water partition coefficient (Wildman–Crippen LogP) is 1.48. The van der Waals surface area contributed by atoms with Crippen LogP contribution in [-0.4, -0.2) is 26.8 Å². The molecule has 0 unspecified atom stereocenters. The average Bonchev–Trinajstić information content (AvgIpc) is 3.05. The van der Waals surface area contributed by atoms with Gasteiger partial charge in [0.2, 0.25) is 5.95 Å². The Hall–Kier alpha value is -1.91. The van der Waals surface area contributed by atoms with Gasteiger partial charge in [0.1, 0.15) is 0 Å². The number of tetrazole rings is 1. The second-order valence-corrected chi connectivity index (χ2v) is 4.07. The van der Waals surface area contributed by atoms with Gasteiger partial charge in [0.05, 0.1) is 5.69 Å². The summed E-state index contributed by atoms with van der Waals surface area (Å²) in [5.74, 6) is 1.53. The molecule has 0 atom stereocenters. The number of nitrogens with one attached hydrogen (secondary N) is 1. The van der Waals surface area contributed by atoms with Crippen molar-refractivity contribution < 1.29 is 0 Å². The third kappa shape index (κ3) is 1.88. The molecule has 3 rings (SSSR count). The largest absolute Gasteiger partial charge is 0.352 e. The molecule has 1 N–H and O–H groups in total. The molecule has 1 fully saturated rings. The zero-order valence-corrected chi connectivity index (χ0v) is 8.87. The summed E-state index contributed by atoms with van der Waals surface area (Å²) in [6.07, 6.45) is 2.64. The molecule has 0 bridgehead atoms. The van der Waals surface area contributed by atoms with E-state index in [1.54, 1.807) is 4.68 Å². The minimum atomic E-state index is 0.720. The van der Waals surface area contributed by atoms with Crippen LogP contribution >= 0.6 is 0 Å². The van der Waals surface area contributed by atoms with Gasteiger partial charge in [-0.25, -0.2) is 0 Å². The molecule has 0 saturated heterocycles. The van der Waals surface area contributed by atoms with E-state index in [0.29, 0.717) is 0 Å². The van der Waals surface area contributed by atoms with Gasteiger partial charge >= 0.3 is 0 Å². The van der Waals surface area contributed by atoms with Crippen LogP contribution in [0.15, 0.2) is 30.3 Å². The lowest BCUT2D eigenvalue weighted by Gasteiger charge is -2.05. The molecule has 0 amide bonds. The minimum absolute atomic E-state index is 0.720. The zero-order valence-electron chi connectivity index (χ0n) is 8.87. The first-order valence-electron chi connectivity index (χ1n) is 5.51. The van der Waals surface area contributed by atoms with E-state index in [1.165, 1.54) is 12.8 Å². The van der Waals surface area contributed by atoms with Gasteiger partial charge in [-0.2, -0.15) is 4.68 Å². The number of anilines is 1. The number of nitrogens with zero attached hydrogens (tertiary/aromatic N) is 4. The van der Waals surface area contributed by atoms with Crippen molar-refractivity contribution in [2.45, 2.75) is 12.8 Å². The van der Waals surface area contributed by atoms with Crippen LogP contribution < -0.4 is 5.32 Å². The highest BCUT2D eigenvalue weighted by Crippen LogP contribution is 2.28. The normalized spacial score (nSPS) is 15.0. The summed E-state index contributed by atoms with van der Waals surface area (Å²) in [6, 6.07) is 9.89. The molecule has 1 aliphatic carbocycles. The fraction of sp³-hybridized carbons (Fsp3) is 0.364. The number of benzene rings is 1. The smallest absolute Gasteiger partial charge is 0.247 e. The number of hydrogen-bond acceptors (Lipinski definition) is 4. The topological polar surface area (TPSA) is 55.6 Å². The molecule has 16 heavy (non-hydrogen) atoms. The molecule has 5 nitrogen and oxygen atoms in total. The highest BCUT2D eigenvalue weighted by atomic mass is 15.6. The Balaban J connectivity index is 1.81. The molecule has 0 radical (unpaired) electrons. The van der Waals surface area contributed by atoms with Crippen molar-refractivity contribution in [3.05, 3.63) is 30.3 Å². The Bertz CT molecular complexity index is 460. The first-order chi connectivity index (χ1) is 7.93. The van der Waals surface area contributed by atoms with Crippen LogP contribution in [0.4, 0.5) is 5.95 Å². The van der Waals surface area contributed by atoms with Gasteiger partial charge in [-0.1, -0.05) is 23.3 Å². The maximum absolute atomic E-state index is 3.98. The molecular formula is C11H13N5. The third-order valence-electron chi connectivity index (χ3n) is 2.72. The van der Waals surface area contributed by atoms with Crippen LogP contribution in [0, 0.1) is 5.92 Å². The van der Waals surface area contributed by atoms with E-state index < -0.39 is 0 Å². The monoisotopic (exact) mass is 215 g/mol. The van der Waals surface area contributed by atoms with E-state index in [0.717, 1.165) is 24.1 Å². The fourth-order valence-corrected chi connectivity index (χ4v) is 1.60. The minimum Gasteiger partial charge on any atom is -0.352 e. The Morgan fingerprint density at radius 2 is 2.06 bits per heavy atom. The summed E-state index contributed by atoms with van der Waals surface area (Å²) in [4.78, 5) is 0. The number of hydrogen-bond donors (Lipinski definition) is 1. The molecule has 1 aromatic carbocycles. The zero-order chi connectivity index (χ0) is 10.8. The Morgan fingerprint density at radius 1 is 1.25 bits per heavy atom. The first-order valence-corrected chi connectivity index (χ1v) is 5.51. The van der Waals surface area contributed by atoms with Crippen LogP contribution in [-0.2, 0) is 0 Å². The van der Waals surface area contributed by atoms with Crippen molar-refractivity contribution in [1.29, 1.82) is 0 Å². The van der Waals surface area contributed by atoms with E-state index in [4.69, 9.17) is 0 Å². The van der Waals surface area contributed by atoms with E-state index in [9.17, 15) is 0 Å². The van der Waals surface area contributed by atoms with Gasteiger partial charge in [0.25, 0.3) is 0 Å². The van der Waals surface area contributed by atoms with E-state index >= 15 is 0 Å². The van der Waals surface area contributed by atoms with Gasteiger partial charge in [-0.15, -0.1) is 0 Å². The predicted molar refractivity (Wildman–Crippen MR) is 60.4 cm³/mol. The molecule has 1 aromatic heterocycles. The molecule has 0 aliphatic heterocycles. The molecule has 0 spiro atoms. The molecule has 2 aromatic rings. The van der Waals surface area contributed by atoms with Gasteiger partial charge in [0, 0.05) is 6.54 Å². The molecule has 82 valence electrons. The highest BCUT2D eigenvalue weighted by molar-refractivity contribution is 5.38. The standard InChI is InChI=1S/C11H13N5/c1-2-4-10(5-3-1)16-11(13-14-15-16)12-8-9-6-7-9/h1-5,9H,6-8H2,(H,12,13,15). The third-order valence-corrected chi connectivity index (χ3v) is 2.72. The van der Waals surface area contributed by atoms with Crippen LogP contribution in [0.5, 0.6) is 0 Å². The Morgan fingerprint density at radius 3 is 2.81 bits per heavy atom. The SMILES string of the molecule is c1ccc(-n2nnnc2NCC2CC2)cc1. The molecule has 1 saturated carbocycles. The lowest BCUT2D eigenvalue weighted by molar-refractivity contribution is 0.785. The lowest BCUT2D eigenvalue weighted by Crippen LogP contribution is -2.09. The Labute approximate surface area is 93.5 Å². The van der Waals surface area contributed by atoms with Crippen molar-refractivity contribution in [3.63, 3.8) is 0 Å². The number of aromatic nitrogens is 4. The first kappa shape index (κ1) is 9.33. The number of para-hydroxylation sites is 1. The summed E-state index contributed by atoms with van der Waals surface area (Å²) in [6.45, 7) is 0.965. The van der Waals surface area contributed by atoms with Gasteiger partial charge in [-0.3, -0.25) is 0 Å². The average molecular weight is 215 g/mol. The highest BCUT2D eigenvalue weighted by Gasteiger charge is 2.21. The summed E-state index contributed by atoms with van der Waals surface area (Å²) >= 11 is 0. The molecule has 1 heterocycles. The molecule has 1 aliphatic rings. The van der Waals surface area contributed by atoms with Crippen LogP contribution in [0.3, 0.4) is 0 Å². The van der Waals surface area contributed by atoms with E-state index in [2.05, 4.69) is 20.8 Å². The van der Waals surface area contributed by atoms with Gasteiger partial charge in [0.15, 0.2) is 0 Å². The Kier molecular flexibility index (Phi) is 2.29. The summed E-state index contributed by atoms with van der Waals surface area (Å²) < 4.78 is 1.72. The van der Waals surface area contributed by atoms with Crippen LogP contribution in [0.2, 0.25) is 0 Å². The van der Waals surface area contributed by atoms with Crippen molar-refractivity contribution in [2.75, 3.05) is 11.9 Å². The lowest BCUT2D eigenvalue weighted by atomic mass is 10.3. The summed E-state index contributed by atoms with van der Waals surface area (Å²) in [7, 11) is 0. The number of rotatable bonds is 4. The van der Waals surface area contributed by atoms with Gasteiger partial charge in [-0.05, 0) is 41.3 Å². The van der Waals surface area contributed by atoms with Crippen molar-refractivity contribution in [3.8, 4) is 5.69 Å². The summed E-state index contributed by atoms with van der Waals surface area (Å²) in [5, 5.41) is 14.9. The maximum atomic E-state index is 3.98. The van der Waals surface area contributed by atoms with Gasteiger partial charge < -0.3 is 5.32 Å². The van der Waals surface area contributed by atoms with E-state index in [1.807, 2.05) is 30.3 Å². The van der Waals surface area contributed by atoms with E-state index in [-0.39, 0.29) is 0 Å². The van der Waals surface area contributed by atoms with Crippen molar-refractivity contribution in [2.24, 2.45) is 5.92 Å².